The van der Waals surface area contributed by atoms with Gasteiger partial charge < -0.3 is 47.8 Å². The highest BCUT2D eigenvalue weighted by molar-refractivity contribution is 5.94. The Morgan fingerprint density at radius 2 is 1.06 bits per heavy atom. The number of carboxylic acids is 3. The first-order valence-electron chi connectivity index (χ1n) is 10.0. The lowest BCUT2D eigenvalue weighted by Gasteiger charge is -2.24. The van der Waals surface area contributed by atoms with Crippen LogP contribution in [-0.4, -0.2) is 92.7 Å². The number of aliphatic hydroxyl groups is 1. The van der Waals surface area contributed by atoms with Gasteiger partial charge in [-0.2, -0.15) is 0 Å². The van der Waals surface area contributed by atoms with Crippen molar-refractivity contribution >= 4 is 41.5 Å². The normalized spacial score (nSPS) is 14.1. The molecule has 4 amide bonds. The molecule has 0 aliphatic rings. The molecule has 0 rings (SSSR count). The number of primary amides is 1. The second kappa shape index (κ2) is 15.1. The lowest BCUT2D eigenvalue weighted by molar-refractivity contribution is -0.144. The summed E-state index contributed by atoms with van der Waals surface area (Å²) in [7, 11) is 0. The van der Waals surface area contributed by atoms with E-state index in [1.165, 1.54) is 0 Å². The predicted molar refractivity (Wildman–Crippen MR) is 111 cm³/mol. The van der Waals surface area contributed by atoms with E-state index in [4.69, 9.17) is 31.9 Å². The largest absolute Gasteiger partial charge is 0.481 e. The molecular weight excluding hydrogens is 462 g/mol. The number of carbonyl (C=O) groups excluding carboxylic acids is 4. The number of aliphatic hydroxyl groups excluding tert-OH is 1. The highest BCUT2D eigenvalue weighted by atomic mass is 16.4. The number of rotatable bonds is 17. The molecule has 4 unspecified atom stereocenters. The molecule has 0 radical (unpaired) electrons. The summed E-state index contributed by atoms with van der Waals surface area (Å²) in [5, 5.41) is 41.9. The summed E-state index contributed by atoms with van der Waals surface area (Å²) in [4.78, 5) is 81.0. The summed E-state index contributed by atoms with van der Waals surface area (Å²) in [5.74, 6) is -8.02. The fraction of sp³-hybridized carbons (Fsp3) is 0.611. The van der Waals surface area contributed by atoms with Gasteiger partial charge in [-0.3, -0.25) is 28.8 Å². The molecule has 0 spiro atoms. The fourth-order valence-electron chi connectivity index (χ4n) is 2.51. The van der Waals surface area contributed by atoms with Crippen LogP contribution in [0.2, 0.25) is 0 Å². The Kier molecular flexibility index (Phi) is 13.4. The van der Waals surface area contributed by atoms with Gasteiger partial charge in [0.1, 0.15) is 18.1 Å². The molecule has 0 aromatic carbocycles. The number of nitrogens with two attached hydrogens (primary N) is 2. The molecule has 0 aromatic heterocycles. The quantitative estimate of drug-likeness (QED) is 0.0936. The van der Waals surface area contributed by atoms with Gasteiger partial charge in [0.15, 0.2) is 0 Å². The van der Waals surface area contributed by atoms with Gasteiger partial charge in [-0.15, -0.1) is 0 Å². The van der Waals surface area contributed by atoms with Crippen LogP contribution < -0.4 is 27.4 Å². The molecule has 4 atom stereocenters. The van der Waals surface area contributed by atoms with E-state index in [1.54, 1.807) is 0 Å². The number of amides is 4. The summed E-state index contributed by atoms with van der Waals surface area (Å²) in [6, 6.07) is -6.09. The van der Waals surface area contributed by atoms with Crippen LogP contribution in [0.4, 0.5) is 0 Å². The van der Waals surface area contributed by atoms with Crippen LogP contribution in [0.5, 0.6) is 0 Å². The van der Waals surface area contributed by atoms with Gasteiger partial charge in [0.05, 0.1) is 12.6 Å². The summed E-state index contributed by atoms with van der Waals surface area (Å²) in [6.45, 7) is -0.980. The molecular formula is C18H29N5O11. The second-order valence-electron chi connectivity index (χ2n) is 7.18. The molecule has 16 nitrogen and oxygen atoms in total. The van der Waals surface area contributed by atoms with Crippen molar-refractivity contribution in [3.05, 3.63) is 0 Å². The van der Waals surface area contributed by atoms with Crippen LogP contribution in [0, 0.1) is 0 Å². The zero-order valence-electron chi connectivity index (χ0n) is 18.1. The third kappa shape index (κ3) is 12.3. The molecule has 0 bridgehead atoms. The maximum atomic E-state index is 12.7. The Balaban J connectivity index is 5.52. The van der Waals surface area contributed by atoms with Gasteiger partial charge in [-0.25, -0.2) is 4.79 Å². The van der Waals surface area contributed by atoms with Crippen LogP contribution >= 0.6 is 0 Å². The molecule has 0 aliphatic heterocycles. The zero-order valence-corrected chi connectivity index (χ0v) is 18.1. The van der Waals surface area contributed by atoms with Crippen LogP contribution in [0.15, 0.2) is 0 Å². The van der Waals surface area contributed by atoms with E-state index in [9.17, 15) is 33.6 Å². The van der Waals surface area contributed by atoms with Crippen LogP contribution in [0.3, 0.4) is 0 Å². The van der Waals surface area contributed by atoms with Gasteiger partial charge in [0.2, 0.25) is 23.6 Å². The fourth-order valence-corrected chi connectivity index (χ4v) is 2.51. The minimum absolute atomic E-state index is 0.257. The van der Waals surface area contributed by atoms with E-state index < -0.39 is 91.6 Å². The van der Waals surface area contributed by atoms with Gasteiger partial charge in [-0.1, -0.05) is 0 Å². The number of carboxylic acid groups (broad SMARTS) is 3. The minimum Gasteiger partial charge on any atom is -0.481 e. The van der Waals surface area contributed by atoms with Crippen molar-refractivity contribution in [1.29, 1.82) is 0 Å². The van der Waals surface area contributed by atoms with Crippen molar-refractivity contribution in [3.8, 4) is 0 Å². The first kappa shape index (κ1) is 30.2. The third-order valence-electron chi connectivity index (χ3n) is 4.40. The highest BCUT2D eigenvalue weighted by Crippen LogP contribution is 2.05. The first-order valence-corrected chi connectivity index (χ1v) is 10.0. The van der Waals surface area contributed by atoms with E-state index in [-0.39, 0.29) is 19.3 Å². The Morgan fingerprint density at radius 1 is 0.647 bits per heavy atom. The number of carbonyl (C=O) groups is 7. The molecule has 0 aromatic rings. The molecule has 0 heterocycles. The van der Waals surface area contributed by atoms with E-state index in [0.29, 0.717) is 0 Å². The minimum atomic E-state index is -1.73. The Hall–Kier alpha value is -3.79. The average Bonchev–Trinajstić information content (AvgIpc) is 2.74. The number of nitrogens with one attached hydrogen (secondary N) is 3. The van der Waals surface area contributed by atoms with Crippen molar-refractivity contribution in [1.82, 2.24) is 16.0 Å². The molecule has 0 saturated carbocycles. The van der Waals surface area contributed by atoms with E-state index >= 15 is 0 Å². The Morgan fingerprint density at radius 3 is 1.47 bits per heavy atom. The summed E-state index contributed by atoms with van der Waals surface area (Å²) in [5.41, 5.74) is 10.7. The van der Waals surface area contributed by atoms with Crippen molar-refractivity contribution in [2.75, 3.05) is 6.61 Å². The Labute approximate surface area is 193 Å². The van der Waals surface area contributed by atoms with Gasteiger partial charge in [0.25, 0.3) is 0 Å². The average molecular weight is 491 g/mol. The summed E-state index contributed by atoms with van der Waals surface area (Å²) < 4.78 is 0. The van der Waals surface area contributed by atoms with Crippen molar-refractivity contribution in [3.63, 3.8) is 0 Å². The van der Waals surface area contributed by atoms with Gasteiger partial charge in [-0.05, 0) is 19.3 Å². The topological polar surface area (TPSA) is 289 Å². The van der Waals surface area contributed by atoms with Crippen LogP contribution in [0.25, 0.3) is 0 Å². The second-order valence-corrected chi connectivity index (χ2v) is 7.18. The van der Waals surface area contributed by atoms with E-state index in [2.05, 4.69) is 10.6 Å². The van der Waals surface area contributed by atoms with Gasteiger partial charge >= 0.3 is 17.9 Å². The lowest BCUT2D eigenvalue weighted by atomic mass is 10.1. The third-order valence-corrected chi connectivity index (χ3v) is 4.40. The van der Waals surface area contributed by atoms with Crippen LogP contribution in [0.1, 0.15) is 38.5 Å². The molecule has 11 N–H and O–H groups in total. The summed E-state index contributed by atoms with van der Waals surface area (Å²) >= 11 is 0. The Bertz CT molecular complexity index is 788. The SMILES string of the molecule is NC(=O)CCC(NC(=O)C(N)CCC(=O)O)C(=O)NC(CCC(=O)O)C(=O)NC(CO)C(=O)O. The molecule has 192 valence electrons. The smallest absolute Gasteiger partial charge is 0.328 e. The monoisotopic (exact) mass is 491 g/mol. The molecule has 0 saturated heterocycles. The van der Waals surface area contributed by atoms with Crippen molar-refractivity contribution in [2.45, 2.75) is 62.7 Å². The number of aliphatic carboxylic acids is 3. The van der Waals surface area contributed by atoms with Crippen molar-refractivity contribution in [2.24, 2.45) is 11.5 Å². The number of hydrogen-bond acceptors (Lipinski definition) is 9. The standard InChI is InChI=1S/C18H29N5O11/c19-8(1-5-13(26)27)15(30)21-9(2-4-12(20)25)16(31)22-10(3-6-14(28)29)17(32)23-11(7-24)18(33)34/h8-11,24H,1-7,19H2,(H2,20,25)(H,21,30)(H,22,31)(H,23,32)(H,26,27)(H,28,29)(H,33,34). The summed E-state index contributed by atoms with van der Waals surface area (Å²) in [6.07, 6.45) is -2.47. The molecule has 16 heteroatoms. The highest BCUT2D eigenvalue weighted by Gasteiger charge is 2.30. The maximum absolute atomic E-state index is 12.7. The zero-order chi connectivity index (χ0) is 26.4. The molecule has 0 aliphatic carbocycles. The van der Waals surface area contributed by atoms with Crippen LogP contribution in [-0.2, 0) is 33.6 Å². The molecule has 0 fully saturated rings. The van der Waals surface area contributed by atoms with E-state index in [0.717, 1.165) is 0 Å². The van der Waals surface area contributed by atoms with Gasteiger partial charge in [0, 0.05) is 19.3 Å². The predicted octanol–water partition coefficient (Wildman–Crippen LogP) is -4.16. The van der Waals surface area contributed by atoms with E-state index in [1.807, 2.05) is 5.32 Å². The molecule has 34 heavy (non-hydrogen) atoms. The maximum Gasteiger partial charge on any atom is 0.328 e. The lowest BCUT2D eigenvalue weighted by Crippen LogP contribution is -2.57. The first-order chi connectivity index (χ1) is 15.8. The number of hydrogen-bond donors (Lipinski definition) is 9. The van der Waals surface area contributed by atoms with Crippen molar-refractivity contribution < 1.29 is 54.0 Å².